The van der Waals surface area contributed by atoms with Crippen molar-refractivity contribution < 1.29 is 14.3 Å². The molecule has 2 aliphatic rings. The molecule has 0 aromatic heterocycles. The second-order valence-electron chi connectivity index (χ2n) is 5.18. The predicted octanol–water partition coefficient (Wildman–Crippen LogP) is 2.34. The topological polar surface area (TPSA) is 46.6 Å². The molecule has 1 aliphatic heterocycles. The maximum atomic E-state index is 12.0. The number of hydrogen-bond donors (Lipinski definition) is 0. The lowest BCUT2D eigenvalue weighted by atomic mass is 10.1. The summed E-state index contributed by atoms with van der Waals surface area (Å²) < 4.78 is 5.39. The van der Waals surface area contributed by atoms with Crippen molar-refractivity contribution in [1.82, 2.24) is 4.90 Å². The van der Waals surface area contributed by atoms with Gasteiger partial charge in [0.25, 0.3) is 0 Å². The largest absolute Gasteiger partial charge is 0.415 e. The monoisotopic (exact) mass is 259 g/mol. The Hall–Kier alpha value is -1.84. The number of ether oxygens (including phenoxy) is 1. The molecular weight excluding hydrogens is 242 g/mol. The molecule has 1 aliphatic carbocycles. The summed E-state index contributed by atoms with van der Waals surface area (Å²) >= 11 is 0. The standard InChI is InChI=1S/C15H17NO3/c17-13-6-8-16(9-7-13)15(18)19-14-5-4-11-2-1-3-12(11)10-14/h4-5,10H,1-3,6-9H2. The van der Waals surface area contributed by atoms with Crippen LogP contribution in [0, 0.1) is 0 Å². The fraction of sp³-hybridized carbons (Fsp3) is 0.467. The third-order valence-electron chi connectivity index (χ3n) is 3.85. The Morgan fingerprint density at radius 3 is 2.58 bits per heavy atom. The molecule has 1 saturated heterocycles. The van der Waals surface area contributed by atoms with Gasteiger partial charge in [0.1, 0.15) is 11.5 Å². The number of benzene rings is 1. The number of amides is 1. The van der Waals surface area contributed by atoms with Crippen molar-refractivity contribution in [3.05, 3.63) is 29.3 Å². The van der Waals surface area contributed by atoms with E-state index in [2.05, 4.69) is 0 Å². The van der Waals surface area contributed by atoms with Crippen LogP contribution in [0.15, 0.2) is 18.2 Å². The summed E-state index contributed by atoms with van der Waals surface area (Å²) in [5.41, 5.74) is 2.66. The van der Waals surface area contributed by atoms with Gasteiger partial charge in [-0.05, 0) is 42.5 Å². The number of nitrogens with zero attached hydrogens (tertiary/aromatic N) is 1. The SMILES string of the molecule is O=C1CCN(C(=O)Oc2ccc3c(c2)CCC3)CC1. The van der Waals surface area contributed by atoms with Crippen LogP contribution in [0.25, 0.3) is 0 Å². The second kappa shape index (κ2) is 5.03. The molecule has 1 aromatic rings. The lowest BCUT2D eigenvalue weighted by Gasteiger charge is -2.25. The third-order valence-corrected chi connectivity index (χ3v) is 3.85. The number of Topliss-reactive ketones (excluding diaryl/α,β-unsaturated/α-hetero) is 1. The van der Waals surface area contributed by atoms with Crippen LogP contribution in [0.5, 0.6) is 5.75 Å². The van der Waals surface area contributed by atoms with E-state index in [1.54, 1.807) is 4.90 Å². The van der Waals surface area contributed by atoms with Crippen LogP contribution in [0.1, 0.15) is 30.4 Å². The number of hydrogen-bond acceptors (Lipinski definition) is 3. The van der Waals surface area contributed by atoms with E-state index < -0.39 is 0 Å². The average Bonchev–Trinajstić information content (AvgIpc) is 2.87. The van der Waals surface area contributed by atoms with Gasteiger partial charge in [-0.15, -0.1) is 0 Å². The van der Waals surface area contributed by atoms with E-state index in [0.29, 0.717) is 31.7 Å². The van der Waals surface area contributed by atoms with Gasteiger partial charge < -0.3 is 9.64 Å². The maximum Gasteiger partial charge on any atom is 0.415 e. The third kappa shape index (κ3) is 2.62. The molecule has 0 saturated carbocycles. The van der Waals surface area contributed by atoms with Gasteiger partial charge in [0.15, 0.2) is 0 Å². The van der Waals surface area contributed by atoms with Gasteiger partial charge in [-0.25, -0.2) is 4.79 Å². The van der Waals surface area contributed by atoms with Gasteiger partial charge in [-0.3, -0.25) is 4.79 Å². The molecule has 0 radical (unpaired) electrons. The lowest BCUT2D eigenvalue weighted by Crippen LogP contribution is -2.40. The zero-order valence-corrected chi connectivity index (χ0v) is 10.9. The molecule has 0 atom stereocenters. The molecule has 4 heteroatoms. The number of aryl methyl sites for hydroxylation is 2. The lowest BCUT2D eigenvalue weighted by molar-refractivity contribution is -0.121. The molecule has 100 valence electrons. The molecule has 1 heterocycles. The summed E-state index contributed by atoms with van der Waals surface area (Å²) in [5, 5.41) is 0. The number of ketones is 1. The van der Waals surface area contributed by atoms with Gasteiger partial charge in [-0.2, -0.15) is 0 Å². The van der Waals surface area contributed by atoms with Crippen molar-refractivity contribution in [3.63, 3.8) is 0 Å². The second-order valence-corrected chi connectivity index (χ2v) is 5.18. The summed E-state index contributed by atoms with van der Waals surface area (Å²) in [6, 6.07) is 5.87. The summed E-state index contributed by atoms with van der Waals surface area (Å²) in [5.74, 6) is 0.837. The first-order valence-corrected chi connectivity index (χ1v) is 6.82. The minimum Gasteiger partial charge on any atom is -0.410 e. The van der Waals surface area contributed by atoms with Crippen LogP contribution in [-0.2, 0) is 17.6 Å². The summed E-state index contributed by atoms with van der Waals surface area (Å²) in [4.78, 5) is 24.7. The van der Waals surface area contributed by atoms with Gasteiger partial charge in [0.2, 0.25) is 0 Å². The average molecular weight is 259 g/mol. The van der Waals surface area contributed by atoms with E-state index in [1.807, 2.05) is 18.2 Å². The van der Waals surface area contributed by atoms with Crippen molar-refractivity contribution in [2.24, 2.45) is 0 Å². The highest BCUT2D eigenvalue weighted by Crippen LogP contribution is 2.26. The Balaban J connectivity index is 1.64. The van der Waals surface area contributed by atoms with Crippen molar-refractivity contribution in [2.75, 3.05) is 13.1 Å². The normalized spacial score (nSPS) is 18.3. The highest BCUT2D eigenvalue weighted by Gasteiger charge is 2.22. The molecule has 0 spiro atoms. The van der Waals surface area contributed by atoms with Crippen LogP contribution >= 0.6 is 0 Å². The maximum absolute atomic E-state index is 12.0. The van der Waals surface area contributed by atoms with Gasteiger partial charge in [-0.1, -0.05) is 6.07 Å². The molecule has 0 bridgehead atoms. The van der Waals surface area contributed by atoms with E-state index in [1.165, 1.54) is 17.5 Å². The minimum absolute atomic E-state index is 0.224. The zero-order chi connectivity index (χ0) is 13.2. The fourth-order valence-corrected chi connectivity index (χ4v) is 2.72. The molecule has 0 unspecified atom stereocenters. The molecule has 0 N–H and O–H groups in total. The van der Waals surface area contributed by atoms with Gasteiger partial charge in [0.05, 0.1) is 0 Å². The molecular formula is C15H17NO3. The smallest absolute Gasteiger partial charge is 0.410 e. The van der Waals surface area contributed by atoms with E-state index in [9.17, 15) is 9.59 Å². The predicted molar refractivity (Wildman–Crippen MR) is 70.3 cm³/mol. The Morgan fingerprint density at radius 2 is 1.79 bits per heavy atom. The summed E-state index contributed by atoms with van der Waals surface area (Å²) in [6.45, 7) is 0.950. The van der Waals surface area contributed by atoms with E-state index >= 15 is 0 Å². The van der Waals surface area contributed by atoms with Gasteiger partial charge in [0, 0.05) is 25.9 Å². The number of carbonyl (C=O) groups is 2. The quantitative estimate of drug-likeness (QED) is 0.777. The van der Waals surface area contributed by atoms with Crippen LogP contribution < -0.4 is 4.74 Å². The van der Waals surface area contributed by atoms with Crippen molar-refractivity contribution in [2.45, 2.75) is 32.1 Å². The highest BCUT2D eigenvalue weighted by atomic mass is 16.6. The zero-order valence-electron chi connectivity index (χ0n) is 10.9. The summed E-state index contributed by atoms with van der Waals surface area (Å²) in [7, 11) is 0. The Kier molecular flexibility index (Phi) is 3.23. The van der Waals surface area contributed by atoms with E-state index in [0.717, 1.165) is 12.8 Å². The van der Waals surface area contributed by atoms with Crippen molar-refractivity contribution >= 4 is 11.9 Å². The Morgan fingerprint density at radius 1 is 1.05 bits per heavy atom. The molecule has 19 heavy (non-hydrogen) atoms. The number of likely N-dealkylation sites (tertiary alicyclic amines) is 1. The van der Waals surface area contributed by atoms with Crippen LogP contribution in [-0.4, -0.2) is 29.9 Å². The first-order valence-electron chi connectivity index (χ1n) is 6.82. The fourth-order valence-electron chi connectivity index (χ4n) is 2.72. The summed E-state index contributed by atoms with van der Waals surface area (Å²) in [6.07, 6.45) is 3.92. The number of piperidine rings is 1. The first kappa shape index (κ1) is 12.2. The number of carbonyl (C=O) groups excluding carboxylic acids is 2. The van der Waals surface area contributed by atoms with Crippen molar-refractivity contribution in [3.8, 4) is 5.75 Å². The molecule has 4 nitrogen and oxygen atoms in total. The van der Waals surface area contributed by atoms with Crippen LogP contribution in [0.4, 0.5) is 4.79 Å². The number of fused-ring (bicyclic) bond motifs is 1. The van der Waals surface area contributed by atoms with E-state index in [-0.39, 0.29) is 11.9 Å². The Labute approximate surface area is 112 Å². The number of rotatable bonds is 1. The van der Waals surface area contributed by atoms with Gasteiger partial charge >= 0.3 is 6.09 Å². The molecule has 1 fully saturated rings. The van der Waals surface area contributed by atoms with Crippen LogP contribution in [0.2, 0.25) is 0 Å². The molecule has 3 rings (SSSR count). The minimum atomic E-state index is -0.342. The van der Waals surface area contributed by atoms with Crippen LogP contribution in [0.3, 0.4) is 0 Å². The highest BCUT2D eigenvalue weighted by molar-refractivity contribution is 5.82. The molecule has 1 amide bonds. The van der Waals surface area contributed by atoms with Crippen molar-refractivity contribution in [1.29, 1.82) is 0 Å². The first-order chi connectivity index (χ1) is 9.22. The molecule has 1 aromatic carbocycles. The Bertz CT molecular complexity index is 514. The van der Waals surface area contributed by atoms with E-state index in [4.69, 9.17) is 4.74 Å².